The third-order valence-corrected chi connectivity index (χ3v) is 5.65. The Morgan fingerprint density at radius 1 is 1.33 bits per heavy atom. The topological polar surface area (TPSA) is 43.8 Å². The van der Waals surface area contributed by atoms with Crippen molar-refractivity contribution < 1.29 is 0 Å². The van der Waals surface area contributed by atoms with E-state index in [-0.39, 0.29) is 0 Å². The molecule has 0 radical (unpaired) electrons. The number of fused-ring (bicyclic) bond motifs is 1. The zero-order valence-electron chi connectivity index (χ0n) is 13.2. The van der Waals surface area contributed by atoms with E-state index >= 15 is 0 Å². The Morgan fingerprint density at radius 2 is 2.14 bits per heavy atom. The van der Waals surface area contributed by atoms with Crippen molar-refractivity contribution in [3.63, 3.8) is 0 Å². The quantitative estimate of drug-likeness (QED) is 0.843. The molecule has 1 aliphatic rings. The normalized spacial score (nSPS) is 23.0. The Morgan fingerprint density at radius 3 is 2.86 bits per heavy atom. The molecule has 0 saturated heterocycles. The van der Waals surface area contributed by atoms with Crippen LogP contribution in [0.5, 0.6) is 0 Å². The molecular formula is C17H25N3S. The number of nitrogens with two attached hydrogens (primary N) is 1. The van der Waals surface area contributed by atoms with Gasteiger partial charge in [-0.15, -0.1) is 0 Å². The van der Waals surface area contributed by atoms with Crippen molar-refractivity contribution in [2.75, 3.05) is 12.0 Å². The highest BCUT2D eigenvalue weighted by atomic mass is 32.2. The largest absolute Gasteiger partial charge is 0.399 e. The number of rotatable bonds is 3. The van der Waals surface area contributed by atoms with Crippen molar-refractivity contribution in [1.82, 2.24) is 9.55 Å². The molecule has 1 heterocycles. The monoisotopic (exact) mass is 303 g/mol. The molecule has 4 heteroatoms. The highest BCUT2D eigenvalue weighted by Gasteiger charge is 2.26. The van der Waals surface area contributed by atoms with Crippen molar-refractivity contribution >= 4 is 28.5 Å². The lowest BCUT2D eigenvalue weighted by atomic mass is 9.94. The van der Waals surface area contributed by atoms with Crippen molar-refractivity contribution in [2.24, 2.45) is 0 Å². The van der Waals surface area contributed by atoms with Crippen LogP contribution in [-0.4, -0.2) is 21.1 Å². The van der Waals surface area contributed by atoms with Gasteiger partial charge < -0.3 is 10.3 Å². The van der Waals surface area contributed by atoms with E-state index < -0.39 is 0 Å². The maximum atomic E-state index is 5.93. The third kappa shape index (κ3) is 2.78. The molecule has 21 heavy (non-hydrogen) atoms. The van der Waals surface area contributed by atoms with Crippen LogP contribution in [0.2, 0.25) is 0 Å². The van der Waals surface area contributed by atoms with E-state index in [4.69, 9.17) is 10.7 Å². The van der Waals surface area contributed by atoms with Crippen LogP contribution in [0.1, 0.15) is 57.3 Å². The summed E-state index contributed by atoms with van der Waals surface area (Å²) in [5.41, 5.74) is 9.02. The first-order valence-electron chi connectivity index (χ1n) is 7.90. The van der Waals surface area contributed by atoms with Gasteiger partial charge in [0.2, 0.25) is 0 Å². The standard InChI is InChI=1S/C17H25N3S/c1-11(2)17-19-15-9-12(18)7-8-16(15)20(17)13-5-4-6-14(10-13)21-3/h7-9,11,13-14H,4-6,10,18H2,1-3H3. The molecule has 2 aromatic rings. The number of nitrogens with zero attached hydrogens (tertiary/aromatic N) is 2. The second kappa shape index (κ2) is 5.91. The zero-order valence-corrected chi connectivity index (χ0v) is 14.0. The van der Waals surface area contributed by atoms with Crippen molar-refractivity contribution in [3.8, 4) is 0 Å². The number of hydrogen-bond donors (Lipinski definition) is 1. The highest BCUT2D eigenvalue weighted by Crippen LogP contribution is 2.38. The van der Waals surface area contributed by atoms with Crippen LogP contribution in [0.15, 0.2) is 18.2 Å². The summed E-state index contributed by atoms with van der Waals surface area (Å²) >= 11 is 2.02. The lowest BCUT2D eigenvalue weighted by Crippen LogP contribution is -2.22. The van der Waals surface area contributed by atoms with Gasteiger partial charge in [-0.25, -0.2) is 4.98 Å². The maximum Gasteiger partial charge on any atom is 0.112 e. The van der Waals surface area contributed by atoms with Gasteiger partial charge in [-0.05, 0) is 43.7 Å². The predicted octanol–water partition coefficient (Wildman–Crippen LogP) is 4.59. The lowest BCUT2D eigenvalue weighted by Gasteiger charge is -2.31. The van der Waals surface area contributed by atoms with Crippen molar-refractivity contribution in [2.45, 2.75) is 56.7 Å². The number of nitrogen functional groups attached to an aromatic ring is 1. The molecule has 0 amide bonds. The molecule has 1 aromatic carbocycles. The van der Waals surface area contributed by atoms with Crippen LogP contribution >= 0.6 is 11.8 Å². The molecule has 1 saturated carbocycles. The van der Waals surface area contributed by atoms with E-state index in [1.54, 1.807) is 0 Å². The van der Waals surface area contributed by atoms with Gasteiger partial charge in [-0.1, -0.05) is 20.3 Å². The van der Waals surface area contributed by atoms with Crippen LogP contribution in [0.3, 0.4) is 0 Å². The minimum Gasteiger partial charge on any atom is -0.399 e. The lowest BCUT2D eigenvalue weighted by molar-refractivity contribution is 0.357. The molecule has 2 N–H and O–H groups in total. The van der Waals surface area contributed by atoms with E-state index in [1.807, 2.05) is 23.9 Å². The third-order valence-electron chi connectivity index (χ3n) is 4.55. The summed E-state index contributed by atoms with van der Waals surface area (Å²) in [5.74, 6) is 1.65. The molecule has 0 spiro atoms. The number of benzene rings is 1. The number of anilines is 1. The second-order valence-corrected chi connectivity index (χ2v) is 7.56. The van der Waals surface area contributed by atoms with E-state index in [9.17, 15) is 0 Å². The number of thioether (sulfide) groups is 1. The smallest absolute Gasteiger partial charge is 0.112 e. The Balaban J connectivity index is 2.08. The van der Waals surface area contributed by atoms with E-state index in [0.717, 1.165) is 16.5 Å². The molecule has 1 fully saturated rings. The fourth-order valence-electron chi connectivity index (χ4n) is 3.49. The molecule has 3 rings (SSSR count). The van der Waals surface area contributed by atoms with Crippen LogP contribution in [0.25, 0.3) is 11.0 Å². The average Bonchev–Trinajstić information content (AvgIpc) is 2.86. The van der Waals surface area contributed by atoms with Gasteiger partial charge >= 0.3 is 0 Å². The zero-order chi connectivity index (χ0) is 15.0. The summed E-state index contributed by atoms with van der Waals surface area (Å²) in [5, 5.41) is 0.787. The Hall–Kier alpha value is -1.16. The molecule has 0 bridgehead atoms. The Bertz CT molecular complexity index is 632. The summed E-state index contributed by atoms with van der Waals surface area (Å²) in [6, 6.07) is 6.74. The van der Waals surface area contributed by atoms with Gasteiger partial charge in [0.15, 0.2) is 0 Å². The molecule has 0 aliphatic heterocycles. The average molecular weight is 303 g/mol. The molecule has 3 nitrogen and oxygen atoms in total. The SMILES string of the molecule is CSC1CCCC(n2c(C(C)C)nc3cc(N)ccc32)C1. The fourth-order valence-corrected chi connectivity index (χ4v) is 4.31. The van der Waals surface area contributed by atoms with E-state index in [1.165, 1.54) is 37.0 Å². The summed E-state index contributed by atoms with van der Waals surface area (Å²) in [6.07, 6.45) is 7.45. The Labute approximate surface area is 131 Å². The molecule has 2 atom stereocenters. The van der Waals surface area contributed by atoms with E-state index in [0.29, 0.717) is 12.0 Å². The van der Waals surface area contributed by atoms with Crippen molar-refractivity contribution in [3.05, 3.63) is 24.0 Å². The first-order valence-corrected chi connectivity index (χ1v) is 9.19. The summed E-state index contributed by atoms with van der Waals surface area (Å²) in [6.45, 7) is 4.46. The number of imidazole rings is 1. The molecule has 1 aromatic heterocycles. The fraction of sp³-hybridized carbons (Fsp3) is 0.588. The van der Waals surface area contributed by atoms with Crippen LogP contribution in [-0.2, 0) is 0 Å². The van der Waals surface area contributed by atoms with Gasteiger partial charge in [0.05, 0.1) is 11.0 Å². The minimum atomic E-state index is 0.438. The van der Waals surface area contributed by atoms with Gasteiger partial charge in [-0.3, -0.25) is 0 Å². The highest BCUT2D eigenvalue weighted by molar-refractivity contribution is 7.99. The summed E-state index contributed by atoms with van der Waals surface area (Å²) in [7, 11) is 0. The Kier molecular flexibility index (Phi) is 4.16. The van der Waals surface area contributed by atoms with Crippen LogP contribution < -0.4 is 5.73 Å². The first-order chi connectivity index (χ1) is 10.1. The molecule has 1 aliphatic carbocycles. The molecule has 2 unspecified atom stereocenters. The van der Waals surface area contributed by atoms with Gasteiger partial charge in [0, 0.05) is 22.9 Å². The summed E-state index contributed by atoms with van der Waals surface area (Å²) in [4.78, 5) is 4.88. The van der Waals surface area contributed by atoms with Crippen LogP contribution in [0, 0.1) is 0 Å². The minimum absolute atomic E-state index is 0.438. The van der Waals surface area contributed by atoms with Gasteiger partial charge in [0.25, 0.3) is 0 Å². The number of aromatic nitrogens is 2. The second-order valence-electron chi connectivity index (χ2n) is 6.42. The van der Waals surface area contributed by atoms with Crippen LogP contribution in [0.4, 0.5) is 5.69 Å². The maximum absolute atomic E-state index is 5.93. The molecular weight excluding hydrogens is 278 g/mol. The molecule has 114 valence electrons. The predicted molar refractivity (Wildman–Crippen MR) is 93.0 cm³/mol. The van der Waals surface area contributed by atoms with Gasteiger partial charge in [-0.2, -0.15) is 11.8 Å². The van der Waals surface area contributed by atoms with E-state index in [2.05, 4.69) is 30.7 Å². The van der Waals surface area contributed by atoms with Gasteiger partial charge in [0.1, 0.15) is 5.82 Å². The first kappa shape index (κ1) is 14.8. The van der Waals surface area contributed by atoms with Crippen molar-refractivity contribution in [1.29, 1.82) is 0 Å². The number of hydrogen-bond acceptors (Lipinski definition) is 3. The summed E-state index contributed by atoms with van der Waals surface area (Å²) < 4.78 is 2.50.